The van der Waals surface area contributed by atoms with E-state index in [-0.39, 0.29) is 5.97 Å². The van der Waals surface area contributed by atoms with Crippen LogP contribution in [0.3, 0.4) is 0 Å². The summed E-state index contributed by atoms with van der Waals surface area (Å²) in [6, 6.07) is 20.6. The van der Waals surface area contributed by atoms with Gasteiger partial charge in [0, 0.05) is 5.57 Å². The molecule has 0 saturated carbocycles. The number of esters is 1. The Balaban J connectivity index is 0.000000292. The molecule has 28 heavy (non-hydrogen) atoms. The molecule has 1 aliphatic carbocycles. The number of benzene rings is 2. The first-order valence-electron chi connectivity index (χ1n) is 9.29. The standard InChI is InChI=1S/C20H18.C6H8O2/c1-2-3-10-20(17-19-13-8-5-9-14-19)16-15-18-11-6-4-7-12-18;1-8-6(7)5-3-2-4-5/h2-17H,1H2;3H,2,4H2,1H3. The van der Waals surface area contributed by atoms with Gasteiger partial charge in [-0.15, -0.1) is 0 Å². The van der Waals surface area contributed by atoms with E-state index >= 15 is 0 Å². The Kier molecular flexibility index (Phi) is 9.02. The molecular formula is C26H26O2. The molecule has 2 aromatic carbocycles. The molecule has 0 radical (unpaired) electrons. The third kappa shape index (κ3) is 7.46. The number of ether oxygens (including phenoxy) is 1. The van der Waals surface area contributed by atoms with Crippen LogP contribution in [0.25, 0.3) is 12.2 Å². The first-order valence-corrected chi connectivity index (χ1v) is 9.29. The largest absolute Gasteiger partial charge is 0.466 e. The van der Waals surface area contributed by atoms with Crippen molar-refractivity contribution < 1.29 is 9.53 Å². The maximum absolute atomic E-state index is 10.5. The summed E-state index contributed by atoms with van der Waals surface area (Å²) >= 11 is 0. The zero-order chi connectivity index (χ0) is 20.0. The van der Waals surface area contributed by atoms with Crippen molar-refractivity contribution in [3.63, 3.8) is 0 Å². The maximum Gasteiger partial charge on any atom is 0.333 e. The van der Waals surface area contributed by atoms with Crippen LogP contribution in [0.2, 0.25) is 0 Å². The fourth-order valence-corrected chi connectivity index (χ4v) is 2.43. The second-order valence-corrected chi connectivity index (χ2v) is 6.15. The van der Waals surface area contributed by atoms with Gasteiger partial charge in [0.2, 0.25) is 0 Å². The highest BCUT2D eigenvalue weighted by Gasteiger charge is 2.13. The van der Waals surface area contributed by atoms with Gasteiger partial charge in [-0.3, -0.25) is 0 Å². The summed E-state index contributed by atoms with van der Waals surface area (Å²) in [4.78, 5) is 10.5. The molecule has 0 spiro atoms. The summed E-state index contributed by atoms with van der Waals surface area (Å²) in [6.45, 7) is 3.72. The Bertz CT molecular complexity index is 869. The first kappa shape index (κ1) is 20.9. The Morgan fingerprint density at radius 3 is 2.04 bits per heavy atom. The minimum atomic E-state index is -0.170. The van der Waals surface area contributed by atoms with Crippen LogP contribution in [0.4, 0.5) is 0 Å². The molecule has 0 heterocycles. The Hall–Kier alpha value is -3.39. The monoisotopic (exact) mass is 370 g/mol. The van der Waals surface area contributed by atoms with Crippen molar-refractivity contribution in [3.05, 3.63) is 120 Å². The first-order chi connectivity index (χ1) is 13.7. The highest BCUT2D eigenvalue weighted by Crippen LogP contribution is 2.18. The van der Waals surface area contributed by atoms with Crippen LogP contribution in [0, 0.1) is 0 Å². The number of allylic oxidation sites excluding steroid dienone is 6. The minimum Gasteiger partial charge on any atom is -0.466 e. The molecule has 3 rings (SSSR count). The lowest BCUT2D eigenvalue weighted by Crippen LogP contribution is -2.09. The highest BCUT2D eigenvalue weighted by molar-refractivity contribution is 5.89. The molecule has 2 nitrogen and oxygen atoms in total. The number of rotatable bonds is 6. The Morgan fingerprint density at radius 1 is 0.964 bits per heavy atom. The lowest BCUT2D eigenvalue weighted by molar-refractivity contribution is -0.136. The molecule has 0 amide bonds. The van der Waals surface area contributed by atoms with Gasteiger partial charge in [0.05, 0.1) is 7.11 Å². The van der Waals surface area contributed by atoms with Crippen LogP contribution in [-0.2, 0) is 9.53 Å². The zero-order valence-corrected chi connectivity index (χ0v) is 16.3. The van der Waals surface area contributed by atoms with Crippen molar-refractivity contribution >= 4 is 18.1 Å². The van der Waals surface area contributed by atoms with E-state index in [9.17, 15) is 4.79 Å². The van der Waals surface area contributed by atoms with Gasteiger partial charge in [0.1, 0.15) is 0 Å². The summed E-state index contributed by atoms with van der Waals surface area (Å²) in [5, 5.41) is 0. The smallest absolute Gasteiger partial charge is 0.333 e. The molecule has 0 fully saturated rings. The van der Waals surface area contributed by atoms with Crippen LogP contribution < -0.4 is 0 Å². The van der Waals surface area contributed by atoms with Crippen molar-refractivity contribution in [1.82, 2.24) is 0 Å². The van der Waals surface area contributed by atoms with E-state index in [0.717, 1.165) is 24.0 Å². The molecule has 0 unspecified atom stereocenters. The second-order valence-electron chi connectivity index (χ2n) is 6.15. The van der Waals surface area contributed by atoms with Crippen molar-refractivity contribution in [1.29, 1.82) is 0 Å². The van der Waals surface area contributed by atoms with Gasteiger partial charge < -0.3 is 4.74 Å². The summed E-state index contributed by atoms with van der Waals surface area (Å²) < 4.78 is 4.45. The fourth-order valence-electron chi connectivity index (χ4n) is 2.43. The van der Waals surface area contributed by atoms with Gasteiger partial charge in [-0.1, -0.05) is 104 Å². The van der Waals surface area contributed by atoms with E-state index in [1.165, 1.54) is 18.2 Å². The zero-order valence-electron chi connectivity index (χ0n) is 16.3. The normalized spacial score (nSPS) is 13.3. The van der Waals surface area contributed by atoms with E-state index in [1.54, 1.807) is 6.08 Å². The topological polar surface area (TPSA) is 26.3 Å². The van der Waals surface area contributed by atoms with Gasteiger partial charge in [0.25, 0.3) is 0 Å². The third-order valence-corrected chi connectivity index (χ3v) is 4.08. The minimum absolute atomic E-state index is 0.170. The maximum atomic E-state index is 10.5. The second kappa shape index (κ2) is 12.1. The number of carbonyl (C=O) groups is 1. The summed E-state index contributed by atoms with van der Waals surface area (Å²) in [5.41, 5.74) is 4.35. The molecule has 0 aromatic heterocycles. The molecule has 0 saturated heterocycles. The number of methoxy groups -OCH3 is 1. The Morgan fingerprint density at radius 2 is 1.57 bits per heavy atom. The summed E-state index contributed by atoms with van der Waals surface area (Å²) in [6.07, 6.45) is 16.0. The lowest BCUT2D eigenvalue weighted by atomic mass is 10.00. The Labute approximate surface area is 167 Å². The predicted molar refractivity (Wildman–Crippen MR) is 119 cm³/mol. The number of hydrogen-bond donors (Lipinski definition) is 0. The van der Waals surface area contributed by atoms with Crippen LogP contribution >= 0.6 is 0 Å². The van der Waals surface area contributed by atoms with Crippen molar-refractivity contribution in [2.75, 3.05) is 7.11 Å². The molecular weight excluding hydrogens is 344 g/mol. The average molecular weight is 370 g/mol. The molecule has 2 aromatic rings. The number of carbonyl (C=O) groups excluding carboxylic acids is 1. The van der Waals surface area contributed by atoms with Crippen LogP contribution in [0.5, 0.6) is 0 Å². The van der Waals surface area contributed by atoms with Crippen LogP contribution in [0.1, 0.15) is 24.0 Å². The van der Waals surface area contributed by atoms with E-state index in [4.69, 9.17) is 0 Å². The van der Waals surface area contributed by atoms with E-state index in [1.807, 2.05) is 48.6 Å². The molecule has 0 bridgehead atoms. The molecule has 0 N–H and O–H groups in total. The summed E-state index contributed by atoms with van der Waals surface area (Å²) in [7, 11) is 1.40. The van der Waals surface area contributed by atoms with E-state index in [0.29, 0.717) is 0 Å². The molecule has 1 aliphatic rings. The van der Waals surface area contributed by atoms with Crippen LogP contribution in [-0.4, -0.2) is 13.1 Å². The van der Waals surface area contributed by atoms with Crippen molar-refractivity contribution in [2.45, 2.75) is 12.8 Å². The predicted octanol–water partition coefficient (Wildman–Crippen LogP) is 6.41. The molecule has 0 aliphatic heterocycles. The van der Waals surface area contributed by atoms with E-state index in [2.05, 4.69) is 59.9 Å². The van der Waals surface area contributed by atoms with Crippen molar-refractivity contribution in [3.8, 4) is 0 Å². The van der Waals surface area contributed by atoms with Crippen LogP contribution in [0.15, 0.2) is 109 Å². The van der Waals surface area contributed by atoms with Gasteiger partial charge in [0.15, 0.2) is 0 Å². The SMILES string of the molecule is C=CC=CC(C=Cc1ccccc1)=Cc1ccccc1.COC(=O)C1=CCC1. The third-order valence-electron chi connectivity index (χ3n) is 4.08. The van der Waals surface area contributed by atoms with Gasteiger partial charge >= 0.3 is 5.97 Å². The van der Waals surface area contributed by atoms with Gasteiger partial charge in [-0.2, -0.15) is 0 Å². The van der Waals surface area contributed by atoms with E-state index < -0.39 is 0 Å². The van der Waals surface area contributed by atoms with Gasteiger partial charge in [-0.05, 0) is 35.6 Å². The van der Waals surface area contributed by atoms with Gasteiger partial charge in [-0.25, -0.2) is 4.79 Å². The highest BCUT2D eigenvalue weighted by atomic mass is 16.5. The van der Waals surface area contributed by atoms with Crippen molar-refractivity contribution in [2.24, 2.45) is 0 Å². The molecule has 2 heteroatoms. The summed E-state index contributed by atoms with van der Waals surface area (Å²) in [5.74, 6) is -0.170. The average Bonchev–Trinajstić information content (AvgIpc) is 2.70. The lowest BCUT2D eigenvalue weighted by Gasteiger charge is -2.09. The quantitative estimate of drug-likeness (QED) is 0.434. The molecule has 0 atom stereocenters. The fraction of sp³-hybridized carbons (Fsp3) is 0.115. The molecule has 142 valence electrons. The number of hydrogen-bond acceptors (Lipinski definition) is 2.